The topological polar surface area (TPSA) is 52.0 Å². The molecule has 0 spiro atoms. The van der Waals surface area contributed by atoms with Gasteiger partial charge in [0, 0.05) is 29.4 Å². The van der Waals surface area contributed by atoms with E-state index < -0.39 is 0 Å². The zero-order valence-corrected chi connectivity index (χ0v) is 9.34. The summed E-state index contributed by atoms with van der Waals surface area (Å²) in [6.07, 6.45) is 5.23. The van der Waals surface area contributed by atoms with Crippen molar-refractivity contribution in [3.8, 4) is 0 Å². The molecule has 0 aromatic heterocycles. The molecule has 16 heavy (non-hydrogen) atoms. The van der Waals surface area contributed by atoms with Gasteiger partial charge in [-0.25, -0.2) is 0 Å². The van der Waals surface area contributed by atoms with E-state index in [4.69, 9.17) is 5.53 Å². The van der Waals surface area contributed by atoms with Crippen molar-refractivity contribution in [3.63, 3.8) is 0 Å². The van der Waals surface area contributed by atoms with Crippen LogP contribution in [0.1, 0.15) is 25.7 Å². The molecule has 0 saturated carbocycles. The monoisotopic (exact) mass is 216 g/mol. The molecule has 0 N–H and O–H groups in total. The van der Waals surface area contributed by atoms with Crippen LogP contribution in [0.5, 0.6) is 0 Å². The highest BCUT2D eigenvalue weighted by atomic mass is 15.1. The molecule has 1 saturated heterocycles. The Morgan fingerprint density at radius 3 is 2.19 bits per heavy atom. The van der Waals surface area contributed by atoms with Crippen LogP contribution >= 0.6 is 0 Å². The number of azide groups is 1. The molecule has 0 amide bonds. The van der Waals surface area contributed by atoms with Crippen molar-refractivity contribution in [3.05, 3.63) is 34.7 Å². The van der Waals surface area contributed by atoms with Gasteiger partial charge < -0.3 is 4.90 Å². The van der Waals surface area contributed by atoms with Gasteiger partial charge >= 0.3 is 0 Å². The molecule has 0 bridgehead atoms. The van der Waals surface area contributed by atoms with Crippen molar-refractivity contribution in [1.29, 1.82) is 0 Å². The summed E-state index contributed by atoms with van der Waals surface area (Å²) in [7, 11) is 0. The highest BCUT2D eigenvalue weighted by molar-refractivity contribution is 5.52. The van der Waals surface area contributed by atoms with Gasteiger partial charge in [-0.05, 0) is 30.5 Å². The van der Waals surface area contributed by atoms with Gasteiger partial charge in [0.1, 0.15) is 0 Å². The second kappa shape index (κ2) is 5.42. The Morgan fingerprint density at radius 2 is 1.62 bits per heavy atom. The molecule has 1 heterocycles. The van der Waals surface area contributed by atoms with Crippen LogP contribution in [0.3, 0.4) is 0 Å². The van der Waals surface area contributed by atoms with Crippen LogP contribution in [-0.4, -0.2) is 13.1 Å². The summed E-state index contributed by atoms with van der Waals surface area (Å²) in [6, 6.07) is 7.82. The number of rotatable bonds is 2. The Morgan fingerprint density at radius 1 is 1.00 bits per heavy atom. The standard InChI is InChI=1S/C12H16N4/c13-15-14-11-5-7-12(8-6-11)16-9-3-1-2-4-10-16/h5-8H,1-4,9-10H2. The van der Waals surface area contributed by atoms with Gasteiger partial charge in [-0.3, -0.25) is 0 Å². The van der Waals surface area contributed by atoms with E-state index in [9.17, 15) is 0 Å². The lowest BCUT2D eigenvalue weighted by atomic mass is 10.2. The molecule has 0 unspecified atom stereocenters. The molecule has 4 nitrogen and oxygen atoms in total. The quantitative estimate of drug-likeness (QED) is 0.418. The lowest BCUT2D eigenvalue weighted by Gasteiger charge is -2.22. The Bertz CT molecular complexity index is 371. The van der Waals surface area contributed by atoms with Crippen molar-refractivity contribution >= 4 is 11.4 Å². The average molecular weight is 216 g/mol. The molecule has 1 aromatic rings. The summed E-state index contributed by atoms with van der Waals surface area (Å²) in [5.74, 6) is 0. The molecule has 84 valence electrons. The lowest BCUT2D eigenvalue weighted by molar-refractivity contribution is 0.726. The van der Waals surface area contributed by atoms with E-state index in [1.807, 2.05) is 24.3 Å². The van der Waals surface area contributed by atoms with Crippen molar-refractivity contribution in [2.75, 3.05) is 18.0 Å². The first-order chi connectivity index (χ1) is 7.90. The van der Waals surface area contributed by atoms with Crippen molar-refractivity contribution < 1.29 is 0 Å². The van der Waals surface area contributed by atoms with E-state index in [-0.39, 0.29) is 0 Å². The van der Waals surface area contributed by atoms with Gasteiger partial charge in [-0.1, -0.05) is 30.1 Å². The van der Waals surface area contributed by atoms with Crippen molar-refractivity contribution in [2.24, 2.45) is 5.11 Å². The van der Waals surface area contributed by atoms with Crippen LogP contribution in [0, 0.1) is 0 Å². The molecule has 0 aliphatic carbocycles. The van der Waals surface area contributed by atoms with E-state index >= 15 is 0 Å². The summed E-state index contributed by atoms with van der Waals surface area (Å²) in [5.41, 5.74) is 10.2. The second-order valence-corrected chi connectivity index (χ2v) is 4.11. The number of benzene rings is 1. The molecule has 0 atom stereocenters. The van der Waals surface area contributed by atoms with E-state index in [0.717, 1.165) is 13.1 Å². The fourth-order valence-corrected chi connectivity index (χ4v) is 2.11. The van der Waals surface area contributed by atoms with Gasteiger partial charge in [0.05, 0.1) is 0 Å². The van der Waals surface area contributed by atoms with Gasteiger partial charge in [-0.2, -0.15) is 0 Å². The minimum absolute atomic E-state index is 0.682. The maximum Gasteiger partial charge on any atom is 0.0376 e. The Kier molecular flexibility index (Phi) is 3.67. The smallest absolute Gasteiger partial charge is 0.0376 e. The number of anilines is 1. The van der Waals surface area contributed by atoms with Gasteiger partial charge in [0.25, 0.3) is 0 Å². The third-order valence-corrected chi connectivity index (χ3v) is 2.98. The second-order valence-electron chi connectivity index (χ2n) is 4.11. The molecule has 0 radical (unpaired) electrons. The zero-order valence-electron chi connectivity index (χ0n) is 9.34. The van der Waals surface area contributed by atoms with Gasteiger partial charge in [-0.15, -0.1) is 0 Å². The lowest BCUT2D eigenvalue weighted by Crippen LogP contribution is -2.23. The van der Waals surface area contributed by atoms with E-state index in [1.165, 1.54) is 31.4 Å². The molecule has 1 aromatic carbocycles. The highest BCUT2D eigenvalue weighted by Crippen LogP contribution is 2.22. The summed E-state index contributed by atoms with van der Waals surface area (Å²) in [4.78, 5) is 5.18. The van der Waals surface area contributed by atoms with Crippen LogP contribution in [0.25, 0.3) is 10.4 Å². The first-order valence-electron chi connectivity index (χ1n) is 5.80. The number of hydrogen-bond acceptors (Lipinski definition) is 2. The Balaban J connectivity index is 2.10. The first kappa shape index (κ1) is 10.8. The third-order valence-electron chi connectivity index (χ3n) is 2.98. The molecular formula is C12H16N4. The minimum atomic E-state index is 0.682. The first-order valence-corrected chi connectivity index (χ1v) is 5.80. The van der Waals surface area contributed by atoms with Gasteiger partial charge in [0.2, 0.25) is 0 Å². The molecule has 4 heteroatoms. The van der Waals surface area contributed by atoms with E-state index in [0.29, 0.717) is 5.69 Å². The molecule has 2 rings (SSSR count). The molecular weight excluding hydrogens is 200 g/mol. The summed E-state index contributed by atoms with van der Waals surface area (Å²) < 4.78 is 0. The Hall–Kier alpha value is -1.67. The third kappa shape index (κ3) is 2.67. The van der Waals surface area contributed by atoms with Gasteiger partial charge in [0.15, 0.2) is 0 Å². The summed E-state index contributed by atoms with van der Waals surface area (Å²) in [5, 5.41) is 3.57. The van der Waals surface area contributed by atoms with Crippen molar-refractivity contribution in [1.82, 2.24) is 0 Å². The van der Waals surface area contributed by atoms with E-state index in [1.54, 1.807) is 0 Å². The van der Waals surface area contributed by atoms with Crippen LogP contribution < -0.4 is 4.90 Å². The maximum atomic E-state index is 8.32. The summed E-state index contributed by atoms with van der Waals surface area (Å²) in [6.45, 7) is 2.28. The minimum Gasteiger partial charge on any atom is -0.372 e. The van der Waals surface area contributed by atoms with Crippen LogP contribution in [0.4, 0.5) is 11.4 Å². The maximum absolute atomic E-state index is 8.32. The van der Waals surface area contributed by atoms with Crippen LogP contribution in [-0.2, 0) is 0 Å². The number of hydrogen-bond donors (Lipinski definition) is 0. The van der Waals surface area contributed by atoms with Crippen LogP contribution in [0.15, 0.2) is 29.4 Å². The predicted octanol–water partition coefficient (Wildman–Crippen LogP) is 4.01. The largest absolute Gasteiger partial charge is 0.372 e. The summed E-state index contributed by atoms with van der Waals surface area (Å²) >= 11 is 0. The SMILES string of the molecule is [N-]=[N+]=Nc1ccc(N2CCCCCC2)cc1. The predicted molar refractivity (Wildman–Crippen MR) is 65.9 cm³/mol. The molecule has 1 aliphatic heterocycles. The highest BCUT2D eigenvalue weighted by Gasteiger charge is 2.09. The normalized spacial score (nSPS) is 16.4. The average Bonchev–Trinajstić information content (AvgIpc) is 2.59. The molecule has 1 fully saturated rings. The van der Waals surface area contributed by atoms with E-state index in [2.05, 4.69) is 14.9 Å². The molecule has 1 aliphatic rings. The van der Waals surface area contributed by atoms with Crippen LogP contribution in [0.2, 0.25) is 0 Å². The number of nitrogens with zero attached hydrogens (tertiary/aromatic N) is 4. The zero-order chi connectivity index (χ0) is 11.2. The van der Waals surface area contributed by atoms with Crippen molar-refractivity contribution in [2.45, 2.75) is 25.7 Å². The fourth-order valence-electron chi connectivity index (χ4n) is 2.11. The fraction of sp³-hybridized carbons (Fsp3) is 0.500. The Labute approximate surface area is 95.5 Å².